The Balaban J connectivity index is 0.00000144. The van der Waals surface area contributed by atoms with Gasteiger partial charge in [0.25, 0.3) is 0 Å². The second kappa shape index (κ2) is 4.98. The first-order valence-corrected chi connectivity index (χ1v) is 8.34. The van der Waals surface area contributed by atoms with E-state index in [-0.39, 0.29) is 12.4 Å². The zero-order valence-electron chi connectivity index (χ0n) is 8.22. The van der Waals surface area contributed by atoms with Crippen LogP contribution in [0.3, 0.4) is 0 Å². The minimum Gasteiger partial charge on any atom is -1.00 e. The number of rotatable bonds is 2. The van der Waals surface area contributed by atoms with E-state index in [1.165, 1.54) is 5.56 Å². The average molecular weight is 236 g/mol. The summed E-state index contributed by atoms with van der Waals surface area (Å²) in [5.74, 6) is 0. The molecule has 1 rings (SSSR count). The molecule has 0 amide bonds. The molecule has 13 heavy (non-hydrogen) atoms. The number of aromatic nitrogens is 1. The lowest BCUT2D eigenvalue weighted by atomic mass is 10.3. The van der Waals surface area contributed by atoms with Crippen LogP contribution in [0.4, 0.5) is 0 Å². The molecule has 0 bridgehead atoms. The molecule has 0 N–H and O–H groups in total. The first-order chi connectivity index (χ1) is 5.47. The van der Waals surface area contributed by atoms with Crippen LogP contribution in [-0.4, -0.2) is 7.38 Å². The fraction of sp³-hybridized carbons (Fsp3) is 0.444. The summed E-state index contributed by atoms with van der Waals surface area (Å²) in [4.78, 5) is 0. The number of nitrogens with zero attached hydrogens (tertiary/aromatic N) is 1. The van der Waals surface area contributed by atoms with Gasteiger partial charge in [0, 0.05) is 11.6 Å². The van der Waals surface area contributed by atoms with Crippen molar-refractivity contribution >= 4 is 18.5 Å². The second-order valence-corrected chi connectivity index (χ2v) is 10.6. The molecular formula is C9H15Cl2NSi. The highest BCUT2D eigenvalue weighted by molar-refractivity contribution is 7.18. The van der Waals surface area contributed by atoms with Crippen molar-refractivity contribution in [3.05, 3.63) is 30.1 Å². The maximum Gasteiger partial charge on any atom is 0.224 e. The molecule has 0 spiro atoms. The summed E-state index contributed by atoms with van der Waals surface area (Å²) in [5.41, 5.74) is 1.28. The summed E-state index contributed by atoms with van der Waals surface area (Å²) in [7, 11) is -1.49. The van der Waals surface area contributed by atoms with E-state index >= 15 is 0 Å². The summed E-state index contributed by atoms with van der Waals surface area (Å²) in [6.45, 7) is 6.41. The molecule has 0 aromatic carbocycles. The lowest BCUT2D eigenvalue weighted by Gasteiger charge is -2.07. The van der Waals surface area contributed by atoms with Crippen LogP contribution in [-0.2, 0) is 6.17 Å². The molecule has 4 heteroatoms. The molecule has 0 fully saturated rings. The molecule has 1 heterocycles. The van der Waals surface area contributed by atoms with Gasteiger partial charge in [-0.25, -0.2) is 4.57 Å². The third-order valence-electron chi connectivity index (χ3n) is 1.56. The van der Waals surface area contributed by atoms with Crippen molar-refractivity contribution in [1.82, 2.24) is 0 Å². The first-order valence-electron chi connectivity index (χ1n) is 4.12. The molecule has 1 aromatic heterocycles. The molecule has 0 aliphatic rings. The zero-order valence-corrected chi connectivity index (χ0v) is 10.7. The van der Waals surface area contributed by atoms with Crippen LogP contribution in [0.15, 0.2) is 24.5 Å². The van der Waals surface area contributed by atoms with E-state index in [1.807, 2.05) is 0 Å². The van der Waals surface area contributed by atoms with Crippen molar-refractivity contribution in [3.8, 4) is 0 Å². The quantitative estimate of drug-likeness (QED) is 0.362. The third kappa shape index (κ3) is 5.29. The summed E-state index contributed by atoms with van der Waals surface area (Å²) < 4.78 is 2.18. The summed E-state index contributed by atoms with van der Waals surface area (Å²) >= 11 is 6.24. The molecule has 0 unspecified atom stereocenters. The lowest BCUT2D eigenvalue weighted by Crippen LogP contribution is -3.00. The number of aryl methyl sites for hydroxylation is 1. The predicted molar refractivity (Wildman–Crippen MR) is 54.7 cm³/mol. The maximum absolute atomic E-state index is 6.24. The Morgan fingerprint density at radius 3 is 2.54 bits per heavy atom. The molecule has 0 saturated carbocycles. The van der Waals surface area contributed by atoms with E-state index in [0.29, 0.717) is 0 Å². The topological polar surface area (TPSA) is 3.88 Å². The van der Waals surface area contributed by atoms with Crippen molar-refractivity contribution in [2.45, 2.75) is 26.2 Å². The van der Waals surface area contributed by atoms with Crippen LogP contribution in [0.2, 0.25) is 13.1 Å². The fourth-order valence-corrected chi connectivity index (χ4v) is 2.66. The molecule has 0 aliphatic carbocycles. The Morgan fingerprint density at radius 2 is 2.08 bits per heavy atom. The van der Waals surface area contributed by atoms with Gasteiger partial charge in [0.15, 0.2) is 12.4 Å². The van der Waals surface area contributed by atoms with Gasteiger partial charge in [0.2, 0.25) is 7.38 Å². The summed E-state index contributed by atoms with van der Waals surface area (Å²) in [6, 6.07) is 4.16. The Morgan fingerprint density at radius 1 is 1.46 bits per heavy atom. The summed E-state index contributed by atoms with van der Waals surface area (Å²) in [6.07, 6.45) is 5.19. The Hall–Kier alpha value is -0.0531. The van der Waals surface area contributed by atoms with Gasteiger partial charge in [-0.1, -0.05) is 13.1 Å². The Kier molecular flexibility index (Phi) is 4.96. The van der Waals surface area contributed by atoms with E-state index in [0.717, 1.165) is 6.17 Å². The first kappa shape index (κ1) is 12.9. The zero-order chi connectivity index (χ0) is 9.19. The largest absolute Gasteiger partial charge is 1.00 e. The molecule has 1 aromatic rings. The van der Waals surface area contributed by atoms with E-state index in [9.17, 15) is 0 Å². The van der Waals surface area contributed by atoms with Crippen LogP contribution in [0.1, 0.15) is 5.56 Å². The van der Waals surface area contributed by atoms with Crippen molar-refractivity contribution in [2.75, 3.05) is 0 Å². The van der Waals surface area contributed by atoms with Crippen LogP contribution in [0.25, 0.3) is 0 Å². The highest BCUT2D eigenvalue weighted by atomic mass is 35.6. The molecule has 0 radical (unpaired) electrons. The predicted octanol–water partition coefficient (Wildman–Crippen LogP) is -0.730. The van der Waals surface area contributed by atoms with Crippen molar-refractivity contribution in [1.29, 1.82) is 0 Å². The standard InChI is InChI=1S/C9H15ClNSi.ClH/c1-9-5-4-6-11(7-9)8-12(2,3)10;/h4-7H,8H2,1-3H3;1H/q+1;/p-1. The van der Waals surface area contributed by atoms with E-state index in [1.54, 1.807) is 0 Å². The van der Waals surface area contributed by atoms with E-state index in [2.05, 4.69) is 49.1 Å². The van der Waals surface area contributed by atoms with Crippen LogP contribution < -0.4 is 17.0 Å². The van der Waals surface area contributed by atoms with Crippen molar-refractivity contribution in [3.63, 3.8) is 0 Å². The van der Waals surface area contributed by atoms with E-state index < -0.39 is 7.38 Å². The van der Waals surface area contributed by atoms with Crippen molar-refractivity contribution in [2.24, 2.45) is 0 Å². The van der Waals surface area contributed by atoms with Gasteiger partial charge >= 0.3 is 0 Å². The number of hydrogen-bond donors (Lipinski definition) is 0. The fourth-order valence-electron chi connectivity index (χ4n) is 1.19. The SMILES string of the molecule is Cc1ccc[n+](C[Si](C)(C)Cl)c1.[Cl-]. The van der Waals surface area contributed by atoms with Gasteiger partial charge in [0.1, 0.15) is 6.17 Å². The molecule has 74 valence electrons. The van der Waals surface area contributed by atoms with Crippen LogP contribution in [0, 0.1) is 6.92 Å². The number of halogens is 2. The molecule has 0 saturated heterocycles. The van der Waals surface area contributed by atoms with Gasteiger partial charge < -0.3 is 12.4 Å². The Labute approximate surface area is 91.9 Å². The third-order valence-corrected chi connectivity index (χ3v) is 3.04. The highest BCUT2D eigenvalue weighted by Crippen LogP contribution is 2.06. The van der Waals surface area contributed by atoms with Gasteiger partial charge in [-0.15, -0.1) is 0 Å². The van der Waals surface area contributed by atoms with Gasteiger partial charge in [0.05, 0.1) is 0 Å². The van der Waals surface area contributed by atoms with Gasteiger partial charge in [-0.05, 0) is 13.0 Å². The maximum atomic E-state index is 6.24. The number of pyridine rings is 1. The molecule has 1 nitrogen and oxygen atoms in total. The molecule has 0 aliphatic heterocycles. The smallest absolute Gasteiger partial charge is 0.224 e. The minimum absolute atomic E-state index is 0. The minimum atomic E-state index is -1.49. The molecule has 0 atom stereocenters. The molecular weight excluding hydrogens is 221 g/mol. The van der Waals surface area contributed by atoms with Crippen LogP contribution >= 0.6 is 11.1 Å². The normalized spacial score (nSPS) is 10.8. The van der Waals surface area contributed by atoms with Crippen molar-refractivity contribution < 1.29 is 17.0 Å². The monoisotopic (exact) mass is 235 g/mol. The number of hydrogen-bond acceptors (Lipinski definition) is 0. The lowest BCUT2D eigenvalue weighted by molar-refractivity contribution is -0.680. The van der Waals surface area contributed by atoms with Gasteiger partial charge in [-0.2, -0.15) is 11.1 Å². The second-order valence-electron chi connectivity index (χ2n) is 3.77. The summed E-state index contributed by atoms with van der Waals surface area (Å²) in [5, 5.41) is 0. The average Bonchev–Trinajstić information content (AvgIpc) is 1.82. The highest BCUT2D eigenvalue weighted by Gasteiger charge is 2.22. The van der Waals surface area contributed by atoms with E-state index in [4.69, 9.17) is 11.1 Å². The van der Waals surface area contributed by atoms with Crippen LogP contribution in [0.5, 0.6) is 0 Å². The van der Waals surface area contributed by atoms with Gasteiger partial charge in [-0.3, -0.25) is 0 Å². The Bertz CT molecular complexity index is 271.